The first-order chi connectivity index (χ1) is 12.1. The Morgan fingerprint density at radius 2 is 1.96 bits per heavy atom. The van der Waals surface area contributed by atoms with Gasteiger partial charge in [0.25, 0.3) is 5.91 Å². The van der Waals surface area contributed by atoms with E-state index in [0.29, 0.717) is 24.5 Å². The Hall–Kier alpha value is -2.82. The molecule has 3 rings (SSSR count). The van der Waals surface area contributed by atoms with E-state index >= 15 is 0 Å². The Labute approximate surface area is 147 Å². The summed E-state index contributed by atoms with van der Waals surface area (Å²) in [6.45, 7) is 4.99. The van der Waals surface area contributed by atoms with Crippen molar-refractivity contribution in [3.05, 3.63) is 59.7 Å². The van der Waals surface area contributed by atoms with E-state index in [1.165, 1.54) is 0 Å². The molecule has 1 unspecified atom stereocenters. The minimum atomic E-state index is -0.799. The normalized spacial score (nSPS) is 15.8. The number of rotatable bonds is 5. The first-order valence-corrected chi connectivity index (χ1v) is 8.46. The summed E-state index contributed by atoms with van der Waals surface area (Å²) in [4.78, 5) is 26.6. The molecule has 0 spiro atoms. The topological polar surface area (TPSA) is 58.6 Å². The molecule has 0 aromatic heterocycles. The fourth-order valence-corrected chi connectivity index (χ4v) is 2.87. The lowest BCUT2D eigenvalue weighted by atomic mass is 10.1. The minimum absolute atomic E-state index is 0.0276. The van der Waals surface area contributed by atoms with Gasteiger partial charge in [-0.3, -0.25) is 9.59 Å². The van der Waals surface area contributed by atoms with Crippen LogP contribution in [0.15, 0.2) is 48.5 Å². The van der Waals surface area contributed by atoms with Crippen molar-refractivity contribution in [2.24, 2.45) is 0 Å². The van der Waals surface area contributed by atoms with E-state index in [2.05, 4.69) is 5.32 Å². The number of benzene rings is 2. The van der Waals surface area contributed by atoms with Crippen LogP contribution in [0.2, 0.25) is 0 Å². The molecule has 1 atom stereocenters. The highest BCUT2D eigenvalue weighted by molar-refractivity contribution is 6.00. The average Bonchev–Trinajstić information content (AvgIpc) is 2.61. The molecule has 5 nitrogen and oxygen atoms in total. The summed E-state index contributed by atoms with van der Waals surface area (Å²) in [7, 11) is 0. The lowest BCUT2D eigenvalue weighted by molar-refractivity contribution is -0.137. The molecule has 0 saturated carbocycles. The Morgan fingerprint density at radius 3 is 2.68 bits per heavy atom. The van der Waals surface area contributed by atoms with Crippen LogP contribution in [0.4, 0.5) is 5.69 Å². The van der Waals surface area contributed by atoms with Crippen molar-refractivity contribution in [1.82, 2.24) is 4.90 Å². The predicted molar refractivity (Wildman–Crippen MR) is 96.4 cm³/mol. The third-order valence-corrected chi connectivity index (χ3v) is 4.27. The molecule has 130 valence electrons. The van der Waals surface area contributed by atoms with Crippen molar-refractivity contribution in [3.8, 4) is 5.75 Å². The van der Waals surface area contributed by atoms with Gasteiger partial charge in [0.1, 0.15) is 5.75 Å². The average molecular weight is 338 g/mol. The van der Waals surface area contributed by atoms with Crippen LogP contribution in [0.5, 0.6) is 5.75 Å². The van der Waals surface area contributed by atoms with Gasteiger partial charge in [0.15, 0.2) is 6.10 Å². The van der Waals surface area contributed by atoms with E-state index in [-0.39, 0.29) is 18.2 Å². The first-order valence-electron chi connectivity index (χ1n) is 8.46. The molecule has 2 amide bonds. The number of nitrogens with zero attached hydrogens (tertiary/aromatic N) is 1. The van der Waals surface area contributed by atoms with E-state index < -0.39 is 6.10 Å². The number of anilines is 1. The molecule has 5 heteroatoms. The maximum Gasteiger partial charge on any atom is 0.266 e. The maximum absolute atomic E-state index is 12.6. The Morgan fingerprint density at radius 1 is 1.20 bits per heavy atom. The van der Waals surface area contributed by atoms with E-state index in [1.807, 2.05) is 62.4 Å². The zero-order valence-electron chi connectivity index (χ0n) is 14.5. The lowest BCUT2D eigenvalue weighted by Crippen LogP contribution is -2.42. The van der Waals surface area contributed by atoms with Gasteiger partial charge in [0, 0.05) is 13.1 Å². The van der Waals surface area contributed by atoms with E-state index in [1.54, 1.807) is 4.90 Å². The molecule has 2 aromatic carbocycles. The van der Waals surface area contributed by atoms with Gasteiger partial charge in [-0.25, -0.2) is 0 Å². The molecular formula is C20H22N2O3. The number of ether oxygens (including phenoxy) is 1. The fraction of sp³-hybridized carbons (Fsp3) is 0.300. The number of amides is 2. The van der Waals surface area contributed by atoms with Crippen LogP contribution in [0.25, 0.3) is 0 Å². The SMILES string of the molecule is CCN(Cc1ccccc1)C(=O)CC1Oc2ccc(C)cc2NC1=O. The number of aryl methyl sites for hydroxylation is 1. The van der Waals surface area contributed by atoms with Crippen molar-refractivity contribution in [1.29, 1.82) is 0 Å². The Kier molecular flexibility index (Phi) is 5.03. The predicted octanol–water partition coefficient (Wildman–Crippen LogP) is 3.13. The summed E-state index contributed by atoms with van der Waals surface area (Å²) >= 11 is 0. The van der Waals surface area contributed by atoms with Gasteiger partial charge in [-0.15, -0.1) is 0 Å². The van der Waals surface area contributed by atoms with Crippen LogP contribution < -0.4 is 10.1 Å². The zero-order chi connectivity index (χ0) is 17.8. The molecule has 0 fully saturated rings. The monoisotopic (exact) mass is 338 g/mol. The lowest BCUT2D eigenvalue weighted by Gasteiger charge is -2.28. The molecule has 1 N–H and O–H groups in total. The second kappa shape index (κ2) is 7.38. The summed E-state index contributed by atoms with van der Waals surface area (Å²) in [6.07, 6.45) is -0.771. The molecule has 0 saturated heterocycles. The van der Waals surface area contributed by atoms with Gasteiger partial charge >= 0.3 is 0 Å². The van der Waals surface area contributed by atoms with Crippen molar-refractivity contribution in [2.45, 2.75) is 32.9 Å². The maximum atomic E-state index is 12.6. The number of hydrogen-bond donors (Lipinski definition) is 1. The van der Waals surface area contributed by atoms with Crippen molar-refractivity contribution in [2.75, 3.05) is 11.9 Å². The van der Waals surface area contributed by atoms with Crippen LogP contribution in [-0.2, 0) is 16.1 Å². The first kappa shape index (κ1) is 17.0. The zero-order valence-corrected chi connectivity index (χ0v) is 14.5. The van der Waals surface area contributed by atoms with E-state index in [0.717, 1.165) is 11.1 Å². The molecule has 0 aliphatic carbocycles. The van der Waals surface area contributed by atoms with Crippen LogP contribution in [-0.4, -0.2) is 29.4 Å². The number of hydrogen-bond acceptors (Lipinski definition) is 3. The van der Waals surface area contributed by atoms with E-state index in [4.69, 9.17) is 4.74 Å². The van der Waals surface area contributed by atoms with Gasteiger partial charge in [-0.2, -0.15) is 0 Å². The largest absolute Gasteiger partial charge is 0.478 e. The number of carbonyl (C=O) groups is 2. The molecule has 1 aliphatic heterocycles. The summed E-state index contributed by atoms with van der Waals surface area (Å²) in [6, 6.07) is 15.4. The minimum Gasteiger partial charge on any atom is -0.478 e. The van der Waals surface area contributed by atoms with Gasteiger partial charge in [0.2, 0.25) is 5.91 Å². The highest BCUT2D eigenvalue weighted by Gasteiger charge is 2.31. The van der Waals surface area contributed by atoms with Crippen molar-refractivity contribution < 1.29 is 14.3 Å². The van der Waals surface area contributed by atoms with Gasteiger partial charge in [-0.1, -0.05) is 36.4 Å². The second-order valence-electron chi connectivity index (χ2n) is 6.19. The number of nitrogens with one attached hydrogen (secondary N) is 1. The smallest absolute Gasteiger partial charge is 0.266 e. The van der Waals surface area contributed by atoms with Gasteiger partial charge < -0.3 is 15.0 Å². The van der Waals surface area contributed by atoms with Crippen LogP contribution in [0, 0.1) is 6.92 Å². The summed E-state index contributed by atoms with van der Waals surface area (Å²) in [5, 5.41) is 2.83. The standard InChI is InChI=1S/C20H22N2O3/c1-3-22(13-15-7-5-4-6-8-15)19(23)12-18-20(24)21-16-11-14(2)9-10-17(16)25-18/h4-11,18H,3,12-13H2,1-2H3,(H,21,24). The third-order valence-electron chi connectivity index (χ3n) is 4.27. The summed E-state index contributed by atoms with van der Waals surface area (Å²) in [5.74, 6) is 0.235. The highest BCUT2D eigenvalue weighted by atomic mass is 16.5. The van der Waals surface area contributed by atoms with Crippen LogP contribution >= 0.6 is 0 Å². The Balaban J connectivity index is 1.67. The van der Waals surface area contributed by atoms with Crippen molar-refractivity contribution >= 4 is 17.5 Å². The van der Waals surface area contributed by atoms with Crippen LogP contribution in [0.1, 0.15) is 24.5 Å². The van der Waals surface area contributed by atoms with E-state index in [9.17, 15) is 9.59 Å². The fourth-order valence-electron chi connectivity index (χ4n) is 2.87. The molecule has 1 aliphatic rings. The summed E-state index contributed by atoms with van der Waals surface area (Å²) < 4.78 is 5.76. The molecule has 0 bridgehead atoms. The molecular weight excluding hydrogens is 316 g/mol. The van der Waals surface area contributed by atoms with Gasteiger partial charge in [-0.05, 0) is 37.1 Å². The number of carbonyl (C=O) groups excluding carboxylic acids is 2. The van der Waals surface area contributed by atoms with Crippen LogP contribution in [0.3, 0.4) is 0 Å². The molecule has 25 heavy (non-hydrogen) atoms. The van der Waals surface area contributed by atoms with Gasteiger partial charge in [0.05, 0.1) is 12.1 Å². The quantitative estimate of drug-likeness (QED) is 0.911. The second-order valence-corrected chi connectivity index (χ2v) is 6.19. The number of fused-ring (bicyclic) bond motifs is 1. The Bertz CT molecular complexity index is 774. The summed E-state index contributed by atoms with van der Waals surface area (Å²) in [5.41, 5.74) is 2.76. The third kappa shape index (κ3) is 3.99. The van der Waals surface area contributed by atoms with Crippen molar-refractivity contribution in [3.63, 3.8) is 0 Å². The molecule has 2 aromatic rings. The molecule has 0 radical (unpaired) electrons. The highest BCUT2D eigenvalue weighted by Crippen LogP contribution is 2.31. The molecule has 1 heterocycles.